The van der Waals surface area contributed by atoms with Gasteiger partial charge in [-0.05, 0) is 56.7 Å². The van der Waals surface area contributed by atoms with Crippen LogP contribution >= 0.6 is 0 Å². The molecule has 162 valence electrons. The molecule has 2 aliphatic heterocycles. The second-order valence-electron chi connectivity index (χ2n) is 8.36. The van der Waals surface area contributed by atoms with E-state index in [1.165, 1.54) is 47.7 Å². The molecule has 8 heteroatoms. The summed E-state index contributed by atoms with van der Waals surface area (Å²) in [7, 11) is -0.436. The summed E-state index contributed by atoms with van der Waals surface area (Å²) in [6.45, 7) is 4.91. The van der Waals surface area contributed by atoms with Gasteiger partial charge in [-0.25, -0.2) is 0 Å². The molecule has 0 radical (unpaired) electrons. The minimum Gasteiger partial charge on any atom is -0.372 e. The standard InChI is InChI=1S/C21H34N4O3S/c1-17(18-9-11-20(12-10-18)24-13-5-4-6-14-24)22-21(26)19-8-7-15-25(16-19)29(27,28)23(2)3/h9-12,17,19H,4-8,13-16H2,1-3H3,(H,22,26)/t17-,19+/m0/s1. The summed E-state index contributed by atoms with van der Waals surface area (Å²) in [6, 6.07) is 8.32. The van der Waals surface area contributed by atoms with Crippen LogP contribution in [0.25, 0.3) is 0 Å². The highest BCUT2D eigenvalue weighted by Crippen LogP contribution is 2.24. The molecule has 1 N–H and O–H groups in total. The van der Waals surface area contributed by atoms with Gasteiger partial charge in [0.25, 0.3) is 10.2 Å². The van der Waals surface area contributed by atoms with E-state index in [0.29, 0.717) is 19.4 Å². The van der Waals surface area contributed by atoms with Crippen molar-refractivity contribution in [3.8, 4) is 0 Å². The van der Waals surface area contributed by atoms with Gasteiger partial charge in [-0.1, -0.05) is 12.1 Å². The van der Waals surface area contributed by atoms with Crippen molar-refractivity contribution < 1.29 is 13.2 Å². The molecule has 2 atom stereocenters. The van der Waals surface area contributed by atoms with E-state index in [-0.39, 0.29) is 24.4 Å². The first kappa shape index (κ1) is 22.1. The summed E-state index contributed by atoms with van der Waals surface area (Å²) in [6.07, 6.45) is 5.22. The minimum atomic E-state index is -3.48. The zero-order chi connectivity index (χ0) is 21.0. The maximum absolute atomic E-state index is 12.8. The Bertz CT molecular complexity index is 789. The summed E-state index contributed by atoms with van der Waals surface area (Å²) in [5, 5.41) is 3.08. The zero-order valence-electron chi connectivity index (χ0n) is 17.8. The lowest BCUT2D eigenvalue weighted by atomic mass is 9.97. The molecule has 0 bridgehead atoms. The van der Waals surface area contributed by atoms with Crippen molar-refractivity contribution in [1.82, 2.24) is 13.9 Å². The quantitative estimate of drug-likeness (QED) is 0.764. The summed E-state index contributed by atoms with van der Waals surface area (Å²) >= 11 is 0. The van der Waals surface area contributed by atoms with Crippen LogP contribution in [0.4, 0.5) is 5.69 Å². The van der Waals surface area contributed by atoms with E-state index in [1.54, 1.807) is 0 Å². The molecule has 1 amide bonds. The number of carbonyl (C=O) groups is 1. The van der Waals surface area contributed by atoms with Gasteiger partial charge < -0.3 is 10.2 Å². The van der Waals surface area contributed by atoms with E-state index in [0.717, 1.165) is 18.7 Å². The molecule has 0 aliphatic carbocycles. The van der Waals surface area contributed by atoms with Crippen molar-refractivity contribution in [2.45, 2.75) is 45.1 Å². The van der Waals surface area contributed by atoms with Crippen molar-refractivity contribution in [2.24, 2.45) is 5.92 Å². The van der Waals surface area contributed by atoms with E-state index in [1.807, 2.05) is 6.92 Å². The number of piperidine rings is 2. The largest absolute Gasteiger partial charge is 0.372 e. The number of nitrogens with one attached hydrogen (secondary N) is 1. The molecule has 29 heavy (non-hydrogen) atoms. The van der Waals surface area contributed by atoms with Crippen LogP contribution in [-0.2, 0) is 15.0 Å². The number of anilines is 1. The Hall–Kier alpha value is -1.64. The van der Waals surface area contributed by atoms with Crippen LogP contribution in [0.1, 0.15) is 50.6 Å². The van der Waals surface area contributed by atoms with E-state index < -0.39 is 10.2 Å². The lowest BCUT2D eigenvalue weighted by molar-refractivity contribution is -0.126. The molecule has 2 heterocycles. The lowest BCUT2D eigenvalue weighted by Gasteiger charge is -2.33. The van der Waals surface area contributed by atoms with E-state index in [9.17, 15) is 13.2 Å². The Morgan fingerprint density at radius 3 is 2.34 bits per heavy atom. The number of amides is 1. The molecule has 0 aromatic heterocycles. The number of hydrogen-bond donors (Lipinski definition) is 1. The molecule has 0 saturated carbocycles. The number of benzene rings is 1. The van der Waals surface area contributed by atoms with Gasteiger partial charge in [-0.2, -0.15) is 17.0 Å². The fourth-order valence-electron chi connectivity index (χ4n) is 4.14. The van der Waals surface area contributed by atoms with E-state index in [2.05, 4.69) is 34.5 Å². The first-order chi connectivity index (χ1) is 13.8. The van der Waals surface area contributed by atoms with Gasteiger partial charge in [-0.15, -0.1) is 0 Å². The molecule has 1 aromatic carbocycles. The van der Waals surface area contributed by atoms with Gasteiger partial charge in [0.15, 0.2) is 0 Å². The van der Waals surface area contributed by atoms with Crippen molar-refractivity contribution in [1.29, 1.82) is 0 Å². The van der Waals surface area contributed by atoms with Crippen molar-refractivity contribution in [2.75, 3.05) is 45.2 Å². The second kappa shape index (κ2) is 9.45. The predicted octanol–water partition coefficient (Wildman–Crippen LogP) is 2.37. The number of nitrogens with zero attached hydrogens (tertiary/aromatic N) is 3. The second-order valence-corrected chi connectivity index (χ2v) is 10.5. The highest BCUT2D eigenvalue weighted by molar-refractivity contribution is 7.86. The van der Waals surface area contributed by atoms with Crippen molar-refractivity contribution in [3.63, 3.8) is 0 Å². The van der Waals surface area contributed by atoms with Crippen molar-refractivity contribution in [3.05, 3.63) is 29.8 Å². The Kier molecular flexibility index (Phi) is 7.19. The maximum atomic E-state index is 12.8. The molecule has 0 spiro atoms. The third-order valence-electron chi connectivity index (χ3n) is 6.02. The van der Waals surface area contributed by atoms with Gasteiger partial charge >= 0.3 is 0 Å². The molecular weight excluding hydrogens is 388 g/mol. The van der Waals surface area contributed by atoms with Gasteiger partial charge in [0.1, 0.15) is 0 Å². The molecule has 3 rings (SSSR count). The van der Waals surface area contributed by atoms with Crippen LogP contribution in [-0.4, -0.2) is 63.2 Å². The van der Waals surface area contributed by atoms with Gasteiger partial charge in [-0.3, -0.25) is 4.79 Å². The van der Waals surface area contributed by atoms with Gasteiger partial charge in [0, 0.05) is 46.0 Å². The Morgan fingerprint density at radius 1 is 1.07 bits per heavy atom. The normalized spacial score (nSPS) is 22.5. The van der Waals surface area contributed by atoms with Crippen LogP contribution in [0.5, 0.6) is 0 Å². The summed E-state index contributed by atoms with van der Waals surface area (Å²) < 4.78 is 27.4. The predicted molar refractivity (Wildman–Crippen MR) is 116 cm³/mol. The molecular formula is C21H34N4O3S. The van der Waals surface area contributed by atoms with Crippen LogP contribution in [0.2, 0.25) is 0 Å². The number of hydrogen-bond acceptors (Lipinski definition) is 4. The molecule has 1 aromatic rings. The average molecular weight is 423 g/mol. The number of carbonyl (C=O) groups excluding carboxylic acids is 1. The molecule has 2 saturated heterocycles. The van der Waals surface area contributed by atoms with Gasteiger partial charge in [0.2, 0.25) is 5.91 Å². The monoisotopic (exact) mass is 422 g/mol. The SMILES string of the molecule is C[C@H](NC(=O)[C@@H]1CCCN(S(=O)(=O)N(C)C)C1)c1ccc(N2CCCCC2)cc1. The Labute approximate surface area is 175 Å². The van der Waals surface area contributed by atoms with E-state index in [4.69, 9.17) is 0 Å². The van der Waals surface area contributed by atoms with Crippen LogP contribution in [0, 0.1) is 5.92 Å². The molecule has 2 aliphatic rings. The average Bonchev–Trinajstić information content (AvgIpc) is 2.74. The molecule has 7 nitrogen and oxygen atoms in total. The highest BCUT2D eigenvalue weighted by atomic mass is 32.2. The third kappa shape index (κ3) is 5.29. The smallest absolute Gasteiger partial charge is 0.281 e. The first-order valence-corrected chi connectivity index (χ1v) is 12.0. The highest BCUT2D eigenvalue weighted by Gasteiger charge is 2.33. The fraction of sp³-hybridized carbons (Fsp3) is 0.667. The van der Waals surface area contributed by atoms with Crippen LogP contribution in [0.15, 0.2) is 24.3 Å². The molecule has 2 fully saturated rings. The summed E-state index contributed by atoms with van der Waals surface area (Å²) in [5.41, 5.74) is 2.30. The van der Waals surface area contributed by atoms with Crippen LogP contribution < -0.4 is 10.2 Å². The third-order valence-corrected chi connectivity index (χ3v) is 7.92. The Morgan fingerprint density at radius 2 is 1.72 bits per heavy atom. The lowest BCUT2D eigenvalue weighted by Crippen LogP contribution is -2.49. The van der Waals surface area contributed by atoms with Crippen LogP contribution in [0.3, 0.4) is 0 Å². The summed E-state index contributed by atoms with van der Waals surface area (Å²) in [4.78, 5) is 15.2. The fourth-order valence-corrected chi connectivity index (χ4v) is 5.33. The number of rotatable bonds is 6. The van der Waals surface area contributed by atoms with E-state index >= 15 is 0 Å². The van der Waals surface area contributed by atoms with Gasteiger partial charge in [0.05, 0.1) is 12.0 Å². The topological polar surface area (TPSA) is 73.0 Å². The minimum absolute atomic E-state index is 0.0729. The summed E-state index contributed by atoms with van der Waals surface area (Å²) in [5.74, 6) is -0.384. The molecule has 0 unspecified atom stereocenters. The zero-order valence-corrected chi connectivity index (χ0v) is 18.6. The first-order valence-electron chi connectivity index (χ1n) is 10.6. The van der Waals surface area contributed by atoms with Crippen molar-refractivity contribution >= 4 is 21.8 Å². The maximum Gasteiger partial charge on any atom is 0.281 e. The Balaban J connectivity index is 1.58.